The molecule has 1 fully saturated rings. The van der Waals surface area contributed by atoms with Crippen molar-refractivity contribution in [2.75, 3.05) is 18.8 Å². The van der Waals surface area contributed by atoms with Gasteiger partial charge in [0.1, 0.15) is 5.82 Å². The van der Waals surface area contributed by atoms with Gasteiger partial charge in [-0.1, -0.05) is 18.7 Å². The van der Waals surface area contributed by atoms with Gasteiger partial charge in [0.2, 0.25) is 10.9 Å². The highest BCUT2D eigenvalue weighted by molar-refractivity contribution is 7.99. The second kappa shape index (κ2) is 7.36. The van der Waals surface area contributed by atoms with Crippen LogP contribution in [0.3, 0.4) is 0 Å². The Morgan fingerprint density at radius 2 is 2.00 bits per heavy atom. The van der Waals surface area contributed by atoms with Crippen LogP contribution < -0.4 is 0 Å². The highest BCUT2D eigenvalue weighted by atomic mass is 32.2. The monoisotopic (exact) mass is 390 g/mol. The molecule has 3 aromatic rings. The molecule has 8 heteroatoms. The molecule has 136 valence electrons. The average molecular weight is 391 g/mol. The maximum absolute atomic E-state index is 13.2. The lowest BCUT2D eigenvalue weighted by Crippen LogP contribution is -2.38. The lowest BCUT2D eigenvalue weighted by molar-refractivity contribution is -0.129. The van der Waals surface area contributed by atoms with Crippen molar-refractivity contribution in [1.29, 1.82) is 0 Å². The van der Waals surface area contributed by atoms with E-state index >= 15 is 0 Å². The molecule has 2 aromatic heterocycles. The Labute approximate surface area is 159 Å². The third-order valence-corrected chi connectivity index (χ3v) is 6.45. The van der Waals surface area contributed by atoms with E-state index in [-0.39, 0.29) is 11.7 Å². The Morgan fingerprint density at radius 3 is 2.73 bits per heavy atom. The molecule has 0 bridgehead atoms. The van der Waals surface area contributed by atoms with Crippen LogP contribution in [0.4, 0.5) is 4.39 Å². The van der Waals surface area contributed by atoms with E-state index in [9.17, 15) is 9.18 Å². The molecule has 0 spiro atoms. The van der Waals surface area contributed by atoms with Crippen molar-refractivity contribution in [2.45, 2.75) is 24.9 Å². The number of benzene rings is 1. The van der Waals surface area contributed by atoms with Crippen LogP contribution >= 0.6 is 23.1 Å². The van der Waals surface area contributed by atoms with E-state index in [2.05, 4.69) is 17.1 Å². The van der Waals surface area contributed by atoms with Crippen LogP contribution in [0.25, 0.3) is 16.2 Å². The first-order valence-electron chi connectivity index (χ1n) is 8.61. The number of hydrogen-bond acceptors (Lipinski definition) is 5. The summed E-state index contributed by atoms with van der Waals surface area (Å²) in [7, 11) is 0. The predicted octanol–water partition coefficient (Wildman–Crippen LogP) is 3.95. The zero-order valence-corrected chi connectivity index (χ0v) is 16.0. The SMILES string of the molecule is CC1CCN(C(=O)CSc2nnc3scc(-c4ccc(F)cc4)n23)CC1. The van der Waals surface area contributed by atoms with Crippen molar-refractivity contribution in [3.8, 4) is 11.3 Å². The fourth-order valence-corrected chi connectivity index (χ4v) is 4.83. The van der Waals surface area contributed by atoms with Crippen molar-refractivity contribution in [2.24, 2.45) is 5.92 Å². The van der Waals surface area contributed by atoms with Gasteiger partial charge in [0.05, 0.1) is 11.4 Å². The molecule has 0 aliphatic carbocycles. The Morgan fingerprint density at radius 1 is 1.27 bits per heavy atom. The number of thiazole rings is 1. The minimum Gasteiger partial charge on any atom is -0.342 e. The maximum atomic E-state index is 13.2. The number of likely N-dealkylation sites (tertiary alicyclic amines) is 1. The highest BCUT2D eigenvalue weighted by Crippen LogP contribution is 2.30. The normalized spacial score (nSPS) is 15.7. The first-order valence-corrected chi connectivity index (χ1v) is 10.5. The molecule has 1 saturated heterocycles. The fourth-order valence-electron chi connectivity index (χ4n) is 3.09. The Balaban J connectivity index is 1.51. The van der Waals surface area contributed by atoms with Gasteiger partial charge in [-0.05, 0) is 48.6 Å². The molecule has 0 atom stereocenters. The quantitative estimate of drug-likeness (QED) is 0.633. The van der Waals surface area contributed by atoms with Gasteiger partial charge in [-0.15, -0.1) is 21.5 Å². The molecule has 0 radical (unpaired) electrons. The number of aromatic nitrogens is 3. The minimum absolute atomic E-state index is 0.150. The lowest BCUT2D eigenvalue weighted by atomic mass is 9.99. The molecule has 1 amide bonds. The summed E-state index contributed by atoms with van der Waals surface area (Å²) >= 11 is 2.89. The summed E-state index contributed by atoms with van der Waals surface area (Å²) in [5, 5.41) is 11.1. The van der Waals surface area contributed by atoms with Crippen LogP contribution in [0, 0.1) is 11.7 Å². The van der Waals surface area contributed by atoms with Crippen molar-refractivity contribution in [3.63, 3.8) is 0 Å². The Kier molecular flexibility index (Phi) is 4.95. The van der Waals surface area contributed by atoms with Crippen molar-refractivity contribution in [1.82, 2.24) is 19.5 Å². The first-order chi connectivity index (χ1) is 12.6. The van der Waals surface area contributed by atoms with Gasteiger partial charge in [-0.3, -0.25) is 9.20 Å². The predicted molar refractivity (Wildman–Crippen MR) is 102 cm³/mol. The van der Waals surface area contributed by atoms with Crippen molar-refractivity contribution in [3.05, 3.63) is 35.5 Å². The number of amides is 1. The van der Waals surface area contributed by atoms with Gasteiger partial charge in [-0.2, -0.15) is 0 Å². The number of nitrogens with zero attached hydrogens (tertiary/aromatic N) is 4. The molecular formula is C18H19FN4OS2. The van der Waals surface area contributed by atoms with Crippen LogP contribution in [0.2, 0.25) is 0 Å². The maximum Gasteiger partial charge on any atom is 0.233 e. The molecule has 26 heavy (non-hydrogen) atoms. The summed E-state index contributed by atoms with van der Waals surface area (Å²) in [6.45, 7) is 3.92. The average Bonchev–Trinajstić information content (AvgIpc) is 3.23. The van der Waals surface area contributed by atoms with Crippen LogP contribution in [0.1, 0.15) is 19.8 Å². The summed E-state index contributed by atoms with van der Waals surface area (Å²) in [4.78, 5) is 15.2. The molecule has 5 nitrogen and oxygen atoms in total. The topological polar surface area (TPSA) is 50.5 Å². The summed E-state index contributed by atoms with van der Waals surface area (Å²) in [6.07, 6.45) is 2.15. The number of carbonyl (C=O) groups excluding carboxylic acids is 1. The van der Waals surface area contributed by atoms with E-state index in [0.29, 0.717) is 16.8 Å². The molecule has 4 rings (SSSR count). The lowest BCUT2D eigenvalue weighted by Gasteiger charge is -2.30. The van der Waals surface area contributed by atoms with E-state index < -0.39 is 0 Å². The number of fused-ring (bicyclic) bond motifs is 1. The van der Waals surface area contributed by atoms with Crippen LogP contribution in [-0.4, -0.2) is 44.2 Å². The van der Waals surface area contributed by atoms with Gasteiger partial charge >= 0.3 is 0 Å². The van der Waals surface area contributed by atoms with Crippen LogP contribution in [0.5, 0.6) is 0 Å². The molecule has 3 heterocycles. The molecular weight excluding hydrogens is 371 g/mol. The van der Waals surface area contributed by atoms with E-state index in [0.717, 1.165) is 42.1 Å². The van der Waals surface area contributed by atoms with E-state index in [1.807, 2.05) is 14.7 Å². The number of piperidine rings is 1. The smallest absolute Gasteiger partial charge is 0.233 e. The minimum atomic E-state index is -0.264. The molecule has 0 saturated carbocycles. The number of halogens is 1. The van der Waals surface area contributed by atoms with Crippen LogP contribution in [-0.2, 0) is 4.79 Å². The fraction of sp³-hybridized carbons (Fsp3) is 0.389. The zero-order valence-electron chi connectivity index (χ0n) is 14.4. The Bertz CT molecular complexity index is 913. The van der Waals surface area contributed by atoms with E-state index in [1.165, 1.54) is 35.2 Å². The summed E-state index contributed by atoms with van der Waals surface area (Å²) in [5.74, 6) is 0.942. The molecule has 1 aliphatic heterocycles. The summed E-state index contributed by atoms with van der Waals surface area (Å²) < 4.78 is 15.1. The standard InChI is InChI=1S/C18H19FN4OS2/c1-12-6-8-22(9-7-12)16(24)11-26-18-21-20-17-23(18)15(10-25-17)13-2-4-14(19)5-3-13/h2-5,10,12H,6-9,11H2,1H3. The van der Waals surface area contributed by atoms with Gasteiger partial charge < -0.3 is 4.90 Å². The Hall–Kier alpha value is -1.93. The number of rotatable bonds is 4. The van der Waals surface area contributed by atoms with Crippen molar-refractivity contribution >= 4 is 34.0 Å². The highest BCUT2D eigenvalue weighted by Gasteiger charge is 2.21. The second-order valence-corrected chi connectivity index (χ2v) is 8.36. The zero-order chi connectivity index (χ0) is 18.1. The van der Waals surface area contributed by atoms with Gasteiger partial charge in [-0.25, -0.2) is 4.39 Å². The number of thioether (sulfide) groups is 1. The summed E-state index contributed by atoms with van der Waals surface area (Å²) in [6, 6.07) is 6.37. The van der Waals surface area contributed by atoms with Gasteiger partial charge in [0, 0.05) is 18.5 Å². The van der Waals surface area contributed by atoms with Gasteiger partial charge in [0.15, 0.2) is 5.16 Å². The molecule has 0 unspecified atom stereocenters. The molecule has 0 N–H and O–H groups in total. The number of hydrogen-bond donors (Lipinski definition) is 0. The summed E-state index contributed by atoms with van der Waals surface area (Å²) in [5.41, 5.74) is 1.81. The second-order valence-electron chi connectivity index (χ2n) is 6.58. The van der Waals surface area contributed by atoms with Crippen molar-refractivity contribution < 1.29 is 9.18 Å². The third-order valence-electron chi connectivity index (χ3n) is 4.72. The largest absolute Gasteiger partial charge is 0.342 e. The first kappa shape index (κ1) is 17.5. The molecule has 1 aliphatic rings. The van der Waals surface area contributed by atoms with E-state index in [1.54, 1.807) is 12.1 Å². The third kappa shape index (κ3) is 3.48. The molecule has 1 aromatic carbocycles. The van der Waals surface area contributed by atoms with E-state index in [4.69, 9.17) is 0 Å². The van der Waals surface area contributed by atoms with Crippen LogP contribution in [0.15, 0.2) is 34.8 Å². The number of carbonyl (C=O) groups is 1. The van der Waals surface area contributed by atoms with Gasteiger partial charge in [0.25, 0.3) is 0 Å².